The van der Waals surface area contributed by atoms with E-state index in [1.807, 2.05) is 12.1 Å². The number of nitrogens with one attached hydrogen (secondary N) is 1. The lowest BCUT2D eigenvalue weighted by Crippen LogP contribution is -2.42. The van der Waals surface area contributed by atoms with Crippen LogP contribution in [-0.2, 0) is 4.74 Å². The van der Waals surface area contributed by atoms with Gasteiger partial charge in [0.1, 0.15) is 5.75 Å². The van der Waals surface area contributed by atoms with Crippen LogP contribution in [0.3, 0.4) is 0 Å². The Hall–Kier alpha value is -0.340. The van der Waals surface area contributed by atoms with E-state index in [1.165, 1.54) is 0 Å². The molecule has 1 fully saturated rings. The van der Waals surface area contributed by atoms with Gasteiger partial charge in [-0.2, -0.15) is 0 Å². The highest BCUT2D eigenvalue weighted by atomic mass is 79.9. The van der Waals surface area contributed by atoms with Crippen LogP contribution in [0.15, 0.2) is 21.1 Å². The molecule has 5 nitrogen and oxygen atoms in total. The van der Waals surface area contributed by atoms with Gasteiger partial charge in [-0.3, -0.25) is 4.90 Å². The van der Waals surface area contributed by atoms with Crippen LogP contribution in [0.1, 0.15) is 0 Å². The van der Waals surface area contributed by atoms with Crippen LogP contribution < -0.4 is 10.1 Å². The quantitative estimate of drug-likeness (QED) is 0.735. The largest absolute Gasteiger partial charge is 0.495 e. The number of anilines is 1. The first-order chi connectivity index (χ1) is 10.1. The molecular weight excluding hydrogens is 404 g/mol. The van der Waals surface area contributed by atoms with Crippen LogP contribution in [0.5, 0.6) is 5.75 Å². The second kappa shape index (κ2) is 8.33. The smallest absolute Gasteiger partial charge is 0.135 e. The molecule has 21 heavy (non-hydrogen) atoms. The van der Waals surface area contributed by atoms with Gasteiger partial charge < -0.3 is 19.9 Å². The maximum Gasteiger partial charge on any atom is 0.135 e. The van der Waals surface area contributed by atoms with Crippen LogP contribution in [0.25, 0.3) is 0 Å². The minimum absolute atomic E-state index is 0.426. The third-order valence-electron chi connectivity index (χ3n) is 3.34. The maximum atomic E-state index is 10.1. The van der Waals surface area contributed by atoms with E-state index in [0.29, 0.717) is 13.1 Å². The number of ether oxygens (including phenoxy) is 2. The molecule has 0 aromatic heterocycles. The summed E-state index contributed by atoms with van der Waals surface area (Å²) in [5.41, 5.74) is 0.899. The summed E-state index contributed by atoms with van der Waals surface area (Å²) in [6.07, 6.45) is -0.426. The standard InChI is InChI=1S/C14H20Br2N2O3/c1-20-14-7-13(11(15)6-12(14)16)17-8-10(19)9-18-2-4-21-5-3-18/h6-7,10,17,19H,2-5,8-9H2,1H3. The number of methoxy groups -OCH3 is 1. The predicted molar refractivity (Wildman–Crippen MR) is 90.1 cm³/mol. The first-order valence-corrected chi connectivity index (χ1v) is 8.44. The summed E-state index contributed by atoms with van der Waals surface area (Å²) < 4.78 is 12.4. The van der Waals surface area contributed by atoms with E-state index >= 15 is 0 Å². The van der Waals surface area contributed by atoms with Gasteiger partial charge in [0.2, 0.25) is 0 Å². The number of aliphatic hydroxyl groups is 1. The van der Waals surface area contributed by atoms with Crippen molar-refractivity contribution in [2.75, 3.05) is 51.8 Å². The Morgan fingerprint density at radius 2 is 2.05 bits per heavy atom. The summed E-state index contributed by atoms with van der Waals surface area (Å²) in [6, 6.07) is 3.82. The van der Waals surface area contributed by atoms with E-state index in [9.17, 15) is 5.11 Å². The Balaban J connectivity index is 1.86. The first-order valence-electron chi connectivity index (χ1n) is 6.85. The fourth-order valence-corrected chi connectivity index (χ4v) is 3.49. The maximum absolute atomic E-state index is 10.1. The summed E-state index contributed by atoms with van der Waals surface area (Å²) in [5.74, 6) is 0.753. The molecule has 2 N–H and O–H groups in total. The van der Waals surface area contributed by atoms with Crippen LogP contribution >= 0.6 is 31.9 Å². The van der Waals surface area contributed by atoms with Gasteiger partial charge in [-0.05, 0) is 37.9 Å². The number of hydrogen-bond acceptors (Lipinski definition) is 5. The zero-order valence-electron chi connectivity index (χ0n) is 11.9. The second-order valence-corrected chi connectivity index (χ2v) is 6.62. The van der Waals surface area contributed by atoms with Gasteiger partial charge in [0.25, 0.3) is 0 Å². The molecule has 0 radical (unpaired) electrons. The highest BCUT2D eigenvalue weighted by Gasteiger charge is 2.15. The third-order valence-corrected chi connectivity index (χ3v) is 4.62. The van der Waals surface area contributed by atoms with Crippen molar-refractivity contribution >= 4 is 37.5 Å². The van der Waals surface area contributed by atoms with E-state index < -0.39 is 6.10 Å². The molecule has 2 rings (SSSR count). The molecule has 1 aliphatic rings. The van der Waals surface area contributed by atoms with Crippen LogP contribution in [0.2, 0.25) is 0 Å². The second-order valence-electron chi connectivity index (χ2n) is 4.91. The molecule has 1 aromatic rings. The molecule has 0 aliphatic carbocycles. The Labute approximate surface area is 141 Å². The molecule has 1 heterocycles. The Morgan fingerprint density at radius 1 is 1.33 bits per heavy atom. The number of benzene rings is 1. The Bertz CT molecular complexity index is 468. The van der Waals surface area contributed by atoms with Crippen molar-refractivity contribution in [1.29, 1.82) is 0 Å². The van der Waals surface area contributed by atoms with Gasteiger partial charge in [-0.25, -0.2) is 0 Å². The number of nitrogens with zero attached hydrogens (tertiary/aromatic N) is 1. The third kappa shape index (κ3) is 5.10. The zero-order valence-corrected chi connectivity index (χ0v) is 15.1. The lowest BCUT2D eigenvalue weighted by atomic mass is 10.2. The molecule has 0 amide bonds. The van der Waals surface area contributed by atoms with Gasteiger partial charge >= 0.3 is 0 Å². The molecule has 0 saturated carbocycles. The summed E-state index contributed by atoms with van der Waals surface area (Å²) in [7, 11) is 1.63. The van der Waals surface area contributed by atoms with E-state index in [0.717, 1.165) is 46.7 Å². The lowest BCUT2D eigenvalue weighted by Gasteiger charge is -2.28. The molecule has 1 aromatic carbocycles. The lowest BCUT2D eigenvalue weighted by molar-refractivity contribution is 0.0171. The first kappa shape index (κ1) is 17.0. The molecule has 1 aliphatic heterocycles. The van der Waals surface area contributed by atoms with Gasteiger partial charge in [-0.15, -0.1) is 0 Å². The predicted octanol–water partition coefficient (Wildman–Crippen LogP) is 2.33. The fraction of sp³-hybridized carbons (Fsp3) is 0.571. The van der Waals surface area contributed by atoms with E-state index in [-0.39, 0.29) is 0 Å². The molecule has 1 unspecified atom stereocenters. The van der Waals surface area contributed by atoms with Crippen molar-refractivity contribution < 1.29 is 14.6 Å². The number of rotatable bonds is 6. The number of halogens is 2. The van der Waals surface area contributed by atoms with E-state index in [2.05, 4.69) is 42.1 Å². The normalized spacial score (nSPS) is 17.5. The van der Waals surface area contributed by atoms with Crippen molar-refractivity contribution in [3.8, 4) is 5.75 Å². The summed E-state index contributed by atoms with van der Waals surface area (Å²) in [4.78, 5) is 2.22. The SMILES string of the molecule is COc1cc(NCC(O)CN2CCOCC2)c(Br)cc1Br. The minimum Gasteiger partial charge on any atom is -0.495 e. The van der Waals surface area contributed by atoms with Crippen molar-refractivity contribution in [2.24, 2.45) is 0 Å². The summed E-state index contributed by atoms with van der Waals surface area (Å²) in [6.45, 7) is 4.40. The molecule has 0 spiro atoms. The van der Waals surface area contributed by atoms with Gasteiger partial charge in [0.15, 0.2) is 0 Å². The highest BCUT2D eigenvalue weighted by Crippen LogP contribution is 2.34. The number of morpholine rings is 1. The summed E-state index contributed by atoms with van der Waals surface area (Å²) in [5, 5.41) is 13.4. The van der Waals surface area contributed by atoms with E-state index in [1.54, 1.807) is 7.11 Å². The monoisotopic (exact) mass is 422 g/mol. The molecular formula is C14H20Br2N2O3. The van der Waals surface area contributed by atoms with Crippen molar-refractivity contribution in [3.63, 3.8) is 0 Å². The zero-order chi connectivity index (χ0) is 15.2. The van der Waals surface area contributed by atoms with Gasteiger partial charge in [-0.1, -0.05) is 0 Å². The number of hydrogen-bond donors (Lipinski definition) is 2. The van der Waals surface area contributed by atoms with Crippen LogP contribution in [0.4, 0.5) is 5.69 Å². The van der Waals surface area contributed by atoms with E-state index in [4.69, 9.17) is 9.47 Å². The minimum atomic E-state index is -0.426. The summed E-state index contributed by atoms with van der Waals surface area (Å²) >= 11 is 6.94. The van der Waals surface area contributed by atoms with Crippen molar-refractivity contribution in [2.45, 2.75) is 6.10 Å². The Kier molecular flexibility index (Phi) is 6.75. The van der Waals surface area contributed by atoms with Crippen LogP contribution in [-0.4, -0.2) is 62.6 Å². The topological polar surface area (TPSA) is 54.0 Å². The number of aliphatic hydroxyl groups excluding tert-OH is 1. The van der Waals surface area contributed by atoms with Crippen molar-refractivity contribution in [3.05, 3.63) is 21.1 Å². The fourth-order valence-electron chi connectivity index (χ4n) is 2.20. The molecule has 0 bridgehead atoms. The highest BCUT2D eigenvalue weighted by molar-refractivity contribution is 9.11. The number of β-amino-alcohol motifs (C(OH)–C–C–N with tert-alkyl or cyclic N) is 1. The molecule has 118 valence electrons. The molecule has 7 heteroatoms. The van der Waals surface area contributed by atoms with Crippen molar-refractivity contribution in [1.82, 2.24) is 4.90 Å². The average Bonchev–Trinajstić information content (AvgIpc) is 2.47. The molecule has 1 saturated heterocycles. The van der Waals surface area contributed by atoms with Gasteiger partial charge in [0.05, 0.1) is 36.6 Å². The molecule has 1 atom stereocenters. The van der Waals surface area contributed by atoms with Crippen LogP contribution in [0, 0.1) is 0 Å². The Morgan fingerprint density at radius 3 is 2.71 bits per heavy atom. The van der Waals surface area contributed by atoms with Gasteiger partial charge in [0, 0.05) is 36.7 Å². The average molecular weight is 424 g/mol.